The van der Waals surface area contributed by atoms with Crippen molar-refractivity contribution >= 4 is 22.8 Å². The van der Waals surface area contributed by atoms with E-state index >= 15 is 0 Å². The molecular weight excluding hydrogens is 286 g/mol. The van der Waals surface area contributed by atoms with Crippen LogP contribution in [0.4, 0.5) is 0 Å². The maximum absolute atomic E-state index is 5.93. The summed E-state index contributed by atoms with van der Waals surface area (Å²) in [5, 5.41) is 4.73. The van der Waals surface area contributed by atoms with Gasteiger partial charge in [0.2, 0.25) is 5.89 Å². The number of rotatable bonds is 4. The van der Waals surface area contributed by atoms with Crippen molar-refractivity contribution in [3.05, 3.63) is 35.5 Å². The summed E-state index contributed by atoms with van der Waals surface area (Å²) in [6, 6.07) is 6.13. The van der Waals surface area contributed by atoms with E-state index in [1.165, 1.54) is 17.3 Å². The highest BCUT2D eigenvalue weighted by Crippen LogP contribution is 2.23. The zero-order chi connectivity index (χ0) is 15.0. The number of fused-ring (bicyclic) bond motifs is 1. The summed E-state index contributed by atoms with van der Waals surface area (Å²) >= 11 is 1.53. The van der Waals surface area contributed by atoms with E-state index in [-0.39, 0.29) is 0 Å². The van der Waals surface area contributed by atoms with Crippen LogP contribution in [0, 0.1) is 6.92 Å². The molecule has 0 aliphatic rings. The Labute approximate surface area is 126 Å². The number of thioether (sulfide) groups is 1. The zero-order valence-corrected chi connectivity index (χ0v) is 13.0. The van der Waals surface area contributed by atoms with Gasteiger partial charge >= 0.3 is 0 Å². The van der Waals surface area contributed by atoms with E-state index in [0.29, 0.717) is 17.5 Å². The minimum atomic E-state index is -0.594. The number of hydrogen-bond donors (Lipinski definition) is 2. The molecule has 3 aromatic rings. The lowest BCUT2D eigenvalue weighted by molar-refractivity contribution is 0.369. The van der Waals surface area contributed by atoms with Crippen LogP contribution in [0.5, 0.6) is 0 Å². The first kappa shape index (κ1) is 14.1. The molecule has 0 spiro atoms. The van der Waals surface area contributed by atoms with Gasteiger partial charge in [0, 0.05) is 0 Å². The lowest BCUT2D eigenvalue weighted by Gasteiger charge is -2.11. The summed E-state index contributed by atoms with van der Waals surface area (Å²) in [5.41, 5.74) is 8.53. The molecule has 0 fully saturated rings. The van der Waals surface area contributed by atoms with E-state index in [4.69, 9.17) is 10.3 Å². The van der Waals surface area contributed by atoms with Gasteiger partial charge in [0.05, 0.1) is 22.3 Å². The number of hydrogen-bond acceptors (Lipinski definition) is 6. The van der Waals surface area contributed by atoms with Crippen molar-refractivity contribution in [2.45, 2.75) is 37.2 Å². The predicted octanol–water partition coefficient (Wildman–Crippen LogP) is 2.74. The molecule has 6 nitrogen and oxygen atoms in total. The second-order valence-corrected chi connectivity index (χ2v) is 6.55. The molecule has 110 valence electrons. The molecule has 0 aliphatic carbocycles. The van der Waals surface area contributed by atoms with Crippen LogP contribution < -0.4 is 5.73 Å². The minimum Gasteiger partial charge on any atom is -0.338 e. The van der Waals surface area contributed by atoms with Gasteiger partial charge in [0.25, 0.3) is 0 Å². The number of imidazole rings is 1. The first-order chi connectivity index (χ1) is 9.91. The lowest BCUT2D eigenvalue weighted by Crippen LogP contribution is -2.30. The Balaban J connectivity index is 1.73. The Morgan fingerprint density at radius 3 is 2.86 bits per heavy atom. The highest BCUT2D eigenvalue weighted by molar-refractivity contribution is 7.98. The molecule has 0 amide bonds. The first-order valence-electron chi connectivity index (χ1n) is 6.63. The van der Waals surface area contributed by atoms with E-state index in [0.717, 1.165) is 16.2 Å². The third kappa shape index (κ3) is 3.08. The molecule has 0 saturated carbocycles. The topological polar surface area (TPSA) is 93.6 Å². The van der Waals surface area contributed by atoms with Crippen LogP contribution in [0.25, 0.3) is 11.0 Å². The van der Waals surface area contributed by atoms with Gasteiger partial charge in [-0.15, -0.1) is 0 Å². The lowest BCUT2D eigenvalue weighted by atomic mass is 10.1. The van der Waals surface area contributed by atoms with Crippen molar-refractivity contribution in [1.29, 1.82) is 0 Å². The van der Waals surface area contributed by atoms with Crippen molar-refractivity contribution in [2.24, 2.45) is 5.73 Å². The van der Waals surface area contributed by atoms with Gasteiger partial charge in [-0.3, -0.25) is 0 Å². The second-order valence-electron chi connectivity index (χ2n) is 5.58. The van der Waals surface area contributed by atoms with E-state index in [1.54, 1.807) is 0 Å². The summed E-state index contributed by atoms with van der Waals surface area (Å²) < 4.78 is 5.20. The van der Waals surface area contributed by atoms with Gasteiger partial charge < -0.3 is 15.2 Å². The molecule has 3 rings (SSSR count). The van der Waals surface area contributed by atoms with Gasteiger partial charge in [0.15, 0.2) is 11.0 Å². The van der Waals surface area contributed by atoms with Gasteiger partial charge in [-0.05, 0) is 38.5 Å². The standard InChI is InChI=1S/C14H17N5OS/c1-8-4-5-9-10(6-8)17-13(16-9)21-7-11-18-12(19-20-11)14(2,3)15/h4-6H,7,15H2,1-3H3,(H,16,17). The van der Waals surface area contributed by atoms with Crippen molar-refractivity contribution in [3.63, 3.8) is 0 Å². The third-order valence-electron chi connectivity index (χ3n) is 2.99. The van der Waals surface area contributed by atoms with E-state index in [9.17, 15) is 0 Å². The second kappa shape index (κ2) is 5.16. The van der Waals surface area contributed by atoms with Crippen LogP contribution in [0.3, 0.4) is 0 Å². The molecule has 1 aromatic carbocycles. The molecule has 0 aliphatic heterocycles. The molecular formula is C14H17N5OS. The molecule has 0 unspecified atom stereocenters. The van der Waals surface area contributed by atoms with Crippen molar-refractivity contribution < 1.29 is 4.52 Å². The average molecular weight is 303 g/mol. The van der Waals surface area contributed by atoms with Gasteiger partial charge in [-0.1, -0.05) is 23.0 Å². The number of nitrogens with two attached hydrogens (primary N) is 1. The molecule has 0 saturated heterocycles. The fourth-order valence-electron chi connectivity index (χ4n) is 1.87. The van der Waals surface area contributed by atoms with E-state index < -0.39 is 5.54 Å². The van der Waals surface area contributed by atoms with E-state index in [2.05, 4.69) is 33.1 Å². The molecule has 3 N–H and O–H groups in total. The Kier molecular flexibility index (Phi) is 3.46. The van der Waals surface area contributed by atoms with Gasteiger partial charge in [-0.2, -0.15) is 4.98 Å². The highest BCUT2D eigenvalue weighted by atomic mass is 32.2. The Morgan fingerprint density at radius 1 is 1.33 bits per heavy atom. The maximum Gasteiger partial charge on any atom is 0.237 e. The smallest absolute Gasteiger partial charge is 0.237 e. The summed E-state index contributed by atoms with van der Waals surface area (Å²) in [7, 11) is 0. The quantitative estimate of drug-likeness (QED) is 0.720. The summed E-state index contributed by atoms with van der Waals surface area (Å²) in [6.45, 7) is 5.74. The number of nitrogens with one attached hydrogen (secondary N) is 1. The van der Waals surface area contributed by atoms with E-state index in [1.807, 2.05) is 26.0 Å². The van der Waals surface area contributed by atoms with Crippen LogP contribution in [0.2, 0.25) is 0 Å². The molecule has 0 bridgehead atoms. The van der Waals surface area contributed by atoms with Gasteiger partial charge in [0.1, 0.15) is 0 Å². The molecule has 2 aromatic heterocycles. The Morgan fingerprint density at radius 2 is 2.14 bits per heavy atom. The largest absolute Gasteiger partial charge is 0.338 e. The highest BCUT2D eigenvalue weighted by Gasteiger charge is 2.21. The third-order valence-corrected chi connectivity index (χ3v) is 3.85. The minimum absolute atomic E-state index is 0.512. The summed E-state index contributed by atoms with van der Waals surface area (Å²) in [4.78, 5) is 12.1. The predicted molar refractivity (Wildman–Crippen MR) is 81.9 cm³/mol. The zero-order valence-electron chi connectivity index (χ0n) is 12.2. The maximum atomic E-state index is 5.93. The molecule has 0 radical (unpaired) electrons. The summed E-state index contributed by atoms with van der Waals surface area (Å²) in [5.74, 6) is 1.62. The van der Waals surface area contributed by atoms with Crippen LogP contribution >= 0.6 is 11.8 Å². The number of aromatic amines is 1. The molecule has 0 atom stereocenters. The molecule has 21 heavy (non-hydrogen) atoms. The molecule has 7 heteroatoms. The number of aromatic nitrogens is 4. The van der Waals surface area contributed by atoms with Crippen molar-refractivity contribution in [1.82, 2.24) is 20.1 Å². The van der Waals surface area contributed by atoms with Crippen LogP contribution in [-0.2, 0) is 11.3 Å². The van der Waals surface area contributed by atoms with Crippen LogP contribution in [-0.4, -0.2) is 20.1 Å². The normalized spacial score (nSPS) is 12.2. The summed E-state index contributed by atoms with van der Waals surface area (Å²) in [6.07, 6.45) is 0. The number of H-pyrrole nitrogens is 1. The Hall–Kier alpha value is -1.86. The number of benzene rings is 1. The average Bonchev–Trinajstić information content (AvgIpc) is 3.01. The fourth-order valence-corrected chi connectivity index (χ4v) is 2.60. The monoisotopic (exact) mass is 303 g/mol. The fraction of sp³-hybridized carbons (Fsp3) is 0.357. The first-order valence-corrected chi connectivity index (χ1v) is 7.61. The number of aryl methyl sites for hydroxylation is 1. The van der Waals surface area contributed by atoms with Crippen molar-refractivity contribution in [3.8, 4) is 0 Å². The SMILES string of the molecule is Cc1ccc2nc(SCc3nc(C(C)(C)N)no3)[nH]c2c1. The van der Waals surface area contributed by atoms with Crippen LogP contribution in [0.15, 0.2) is 27.9 Å². The van der Waals surface area contributed by atoms with Crippen molar-refractivity contribution in [2.75, 3.05) is 0 Å². The Bertz CT molecular complexity index is 771. The van der Waals surface area contributed by atoms with Gasteiger partial charge in [-0.25, -0.2) is 4.98 Å². The number of nitrogens with zero attached hydrogens (tertiary/aromatic N) is 3. The van der Waals surface area contributed by atoms with Crippen LogP contribution in [0.1, 0.15) is 31.1 Å². The molecule has 2 heterocycles.